The number of aromatic nitrogens is 2. The first-order valence-corrected chi connectivity index (χ1v) is 4.77. The predicted molar refractivity (Wildman–Crippen MR) is 57.7 cm³/mol. The first-order chi connectivity index (χ1) is 7.63. The minimum absolute atomic E-state index is 0.142. The number of nitrogens with one attached hydrogen (secondary N) is 2. The lowest BCUT2D eigenvalue weighted by atomic mass is 10.3. The highest BCUT2D eigenvalue weighted by molar-refractivity contribution is 5.94. The molecular formula is C9H13N5O2. The van der Waals surface area contributed by atoms with E-state index in [1.54, 1.807) is 6.07 Å². The molecule has 2 amide bonds. The van der Waals surface area contributed by atoms with Gasteiger partial charge in [0.25, 0.3) is 5.91 Å². The summed E-state index contributed by atoms with van der Waals surface area (Å²) in [6.07, 6.45) is 0. The van der Waals surface area contributed by atoms with E-state index >= 15 is 0 Å². The van der Waals surface area contributed by atoms with E-state index in [-0.39, 0.29) is 12.2 Å². The van der Waals surface area contributed by atoms with E-state index in [1.807, 2.05) is 6.92 Å². The summed E-state index contributed by atoms with van der Waals surface area (Å²) in [6, 6.07) is 3.15. The van der Waals surface area contributed by atoms with Crippen LogP contribution in [0.25, 0.3) is 0 Å². The number of primary amides is 1. The van der Waals surface area contributed by atoms with E-state index in [2.05, 4.69) is 20.8 Å². The van der Waals surface area contributed by atoms with Crippen molar-refractivity contribution < 1.29 is 9.59 Å². The SMILES string of the molecule is CCNc1ccc(C(=O)NCC(N)=O)nn1. The van der Waals surface area contributed by atoms with Crippen molar-refractivity contribution in [3.8, 4) is 0 Å². The van der Waals surface area contributed by atoms with Crippen LogP contribution in [0.15, 0.2) is 12.1 Å². The van der Waals surface area contributed by atoms with Gasteiger partial charge in [0, 0.05) is 6.54 Å². The summed E-state index contributed by atoms with van der Waals surface area (Å²) in [6.45, 7) is 2.44. The largest absolute Gasteiger partial charge is 0.369 e. The number of amides is 2. The minimum Gasteiger partial charge on any atom is -0.369 e. The molecule has 16 heavy (non-hydrogen) atoms. The normalized spacial score (nSPS) is 9.56. The van der Waals surface area contributed by atoms with Crippen molar-refractivity contribution >= 4 is 17.6 Å². The highest BCUT2D eigenvalue weighted by Crippen LogP contribution is 2.00. The molecule has 4 N–H and O–H groups in total. The molecule has 86 valence electrons. The van der Waals surface area contributed by atoms with Gasteiger partial charge in [-0.25, -0.2) is 0 Å². The molecule has 0 atom stereocenters. The van der Waals surface area contributed by atoms with Gasteiger partial charge >= 0.3 is 0 Å². The molecule has 7 nitrogen and oxygen atoms in total. The Morgan fingerprint density at radius 1 is 1.38 bits per heavy atom. The zero-order valence-corrected chi connectivity index (χ0v) is 8.86. The van der Waals surface area contributed by atoms with Crippen molar-refractivity contribution in [3.63, 3.8) is 0 Å². The molecule has 1 aromatic heterocycles. The highest BCUT2D eigenvalue weighted by atomic mass is 16.2. The van der Waals surface area contributed by atoms with E-state index in [9.17, 15) is 9.59 Å². The number of nitrogens with two attached hydrogens (primary N) is 1. The molecule has 1 aromatic rings. The monoisotopic (exact) mass is 223 g/mol. The van der Waals surface area contributed by atoms with Gasteiger partial charge in [-0.3, -0.25) is 9.59 Å². The van der Waals surface area contributed by atoms with E-state index in [0.717, 1.165) is 6.54 Å². The van der Waals surface area contributed by atoms with E-state index in [1.165, 1.54) is 6.07 Å². The zero-order chi connectivity index (χ0) is 12.0. The summed E-state index contributed by atoms with van der Waals surface area (Å²) >= 11 is 0. The van der Waals surface area contributed by atoms with Crippen LogP contribution < -0.4 is 16.4 Å². The van der Waals surface area contributed by atoms with Gasteiger partial charge in [0.05, 0.1) is 6.54 Å². The first-order valence-electron chi connectivity index (χ1n) is 4.77. The smallest absolute Gasteiger partial charge is 0.272 e. The maximum atomic E-state index is 11.4. The van der Waals surface area contributed by atoms with Crippen molar-refractivity contribution in [3.05, 3.63) is 17.8 Å². The standard InChI is InChI=1S/C9H13N5O2/c1-2-11-8-4-3-6(13-14-8)9(16)12-5-7(10)15/h3-4H,2,5H2,1H3,(H2,10,15)(H,11,14)(H,12,16). The Kier molecular flexibility index (Phi) is 4.19. The van der Waals surface area contributed by atoms with Crippen LogP contribution in [0.5, 0.6) is 0 Å². The molecule has 0 spiro atoms. The molecule has 0 fully saturated rings. The number of carbonyl (C=O) groups is 2. The van der Waals surface area contributed by atoms with Gasteiger partial charge in [-0.15, -0.1) is 10.2 Å². The van der Waals surface area contributed by atoms with Gasteiger partial charge in [-0.1, -0.05) is 0 Å². The number of rotatable bonds is 5. The Morgan fingerprint density at radius 3 is 2.62 bits per heavy atom. The molecule has 0 aliphatic rings. The van der Waals surface area contributed by atoms with Crippen LogP contribution in [0.4, 0.5) is 5.82 Å². The quantitative estimate of drug-likeness (QED) is 0.600. The van der Waals surface area contributed by atoms with Gasteiger partial charge in [0.15, 0.2) is 5.69 Å². The molecule has 0 bridgehead atoms. The van der Waals surface area contributed by atoms with Gasteiger partial charge < -0.3 is 16.4 Å². The fourth-order valence-corrected chi connectivity index (χ4v) is 0.987. The van der Waals surface area contributed by atoms with Crippen molar-refractivity contribution in [1.82, 2.24) is 15.5 Å². The third kappa shape index (κ3) is 3.52. The first kappa shape index (κ1) is 11.9. The minimum atomic E-state index is -0.606. The summed E-state index contributed by atoms with van der Waals surface area (Å²) in [4.78, 5) is 21.8. The van der Waals surface area contributed by atoms with Gasteiger partial charge in [-0.05, 0) is 19.1 Å². The Hall–Kier alpha value is -2.18. The van der Waals surface area contributed by atoms with Crippen molar-refractivity contribution in [1.29, 1.82) is 0 Å². The molecule has 0 unspecified atom stereocenters. The lowest BCUT2D eigenvalue weighted by Crippen LogP contribution is -2.33. The Morgan fingerprint density at radius 2 is 2.12 bits per heavy atom. The summed E-state index contributed by atoms with van der Waals surface area (Å²) in [5.41, 5.74) is 5.02. The van der Waals surface area contributed by atoms with Crippen LogP contribution in [-0.4, -0.2) is 35.1 Å². The maximum Gasteiger partial charge on any atom is 0.272 e. The average Bonchev–Trinajstić information content (AvgIpc) is 2.27. The molecule has 0 saturated carbocycles. The fraction of sp³-hybridized carbons (Fsp3) is 0.333. The number of anilines is 1. The molecule has 0 aliphatic carbocycles. The number of nitrogens with zero attached hydrogens (tertiary/aromatic N) is 2. The Balaban J connectivity index is 2.59. The Bertz CT molecular complexity index is 376. The van der Waals surface area contributed by atoms with Crippen LogP contribution in [0.2, 0.25) is 0 Å². The molecule has 1 rings (SSSR count). The van der Waals surface area contributed by atoms with Crippen LogP contribution >= 0.6 is 0 Å². The van der Waals surface area contributed by atoms with Crippen LogP contribution in [0.1, 0.15) is 17.4 Å². The van der Waals surface area contributed by atoms with E-state index in [0.29, 0.717) is 5.82 Å². The molecule has 0 aliphatic heterocycles. The van der Waals surface area contributed by atoms with Gasteiger partial charge in [0.1, 0.15) is 5.82 Å². The molecule has 7 heteroatoms. The van der Waals surface area contributed by atoms with Crippen LogP contribution in [0, 0.1) is 0 Å². The average molecular weight is 223 g/mol. The Labute approximate surface area is 92.4 Å². The molecule has 1 heterocycles. The second kappa shape index (κ2) is 5.64. The van der Waals surface area contributed by atoms with Gasteiger partial charge in [0.2, 0.25) is 5.91 Å². The second-order valence-electron chi connectivity index (χ2n) is 2.98. The van der Waals surface area contributed by atoms with Crippen molar-refractivity contribution in [2.45, 2.75) is 6.92 Å². The topological polar surface area (TPSA) is 110 Å². The summed E-state index contributed by atoms with van der Waals surface area (Å²) in [7, 11) is 0. The van der Waals surface area contributed by atoms with Crippen molar-refractivity contribution in [2.24, 2.45) is 5.73 Å². The third-order valence-electron chi connectivity index (χ3n) is 1.68. The molecular weight excluding hydrogens is 210 g/mol. The second-order valence-corrected chi connectivity index (χ2v) is 2.98. The van der Waals surface area contributed by atoms with E-state index in [4.69, 9.17) is 5.73 Å². The summed E-state index contributed by atoms with van der Waals surface area (Å²) < 4.78 is 0. The summed E-state index contributed by atoms with van der Waals surface area (Å²) in [5.74, 6) is -0.492. The predicted octanol–water partition coefficient (Wildman–Crippen LogP) is -0.877. The molecule has 0 aromatic carbocycles. The number of hydrogen-bond donors (Lipinski definition) is 3. The highest BCUT2D eigenvalue weighted by Gasteiger charge is 2.08. The summed E-state index contributed by atoms with van der Waals surface area (Å²) in [5, 5.41) is 12.7. The fourth-order valence-electron chi connectivity index (χ4n) is 0.987. The lowest BCUT2D eigenvalue weighted by molar-refractivity contribution is -0.117. The molecule has 0 saturated heterocycles. The zero-order valence-electron chi connectivity index (χ0n) is 8.86. The third-order valence-corrected chi connectivity index (χ3v) is 1.68. The van der Waals surface area contributed by atoms with E-state index < -0.39 is 11.8 Å². The van der Waals surface area contributed by atoms with Crippen LogP contribution in [0.3, 0.4) is 0 Å². The molecule has 0 radical (unpaired) electrons. The number of hydrogen-bond acceptors (Lipinski definition) is 5. The number of carbonyl (C=O) groups excluding carboxylic acids is 2. The maximum absolute atomic E-state index is 11.4. The van der Waals surface area contributed by atoms with Gasteiger partial charge in [-0.2, -0.15) is 0 Å². The lowest BCUT2D eigenvalue weighted by Gasteiger charge is -2.03. The van der Waals surface area contributed by atoms with Crippen molar-refractivity contribution in [2.75, 3.05) is 18.4 Å². The van der Waals surface area contributed by atoms with Crippen LogP contribution in [-0.2, 0) is 4.79 Å².